The number of carbonyl (C=O) groups excluding carboxylic acids is 1. The average Bonchev–Trinajstić information content (AvgIpc) is 3.50. The lowest BCUT2D eigenvalue weighted by molar-refractivity contribution is -0.149. The number of carbonyl (C=O) groups is 1. The second-order valence-electron chi connectivity index (χ2n) is 9.49. The van der Waals surface area contributed by atoms with Crippen molar-refractivity contribution in [3.05, 3.63) is 31.0 Å². The van der Waals surface area contributed by atoms with Gasteiger partial charge in [-0.25, -0.2) is 14.8 Å². The van der Waals surface area contributed by atoms with Crippen molar-refractivity contribution < 1.29 is 18.0 Å². The summed E-state index contributed by atoms with van der Waals surface area (Å²) in [6.45, 7) is 2.77. The molecule has 0 bridgehead atoms. The Labute approximate surface area is 205 Å². The molecule has 2 amide bonds. The fraction of sp³-hybridized carbons (Fsp3) is 0.522. The number of piperazine rings is 1. The third-order valence-electron chi connectivity index (χ3n) is 7.28. The topological polar surface area (TPSA) is 119 Å². The summed E-state index contributed by atoms with van der Waals surface area (Å²) in [6.07, 6.45) is 4.27. The molecule has 0 unspecified atom stereocenters. The summed E-state index contributed by atoms with van der Waals surface area (Å²) < 4.78 is 40.1. The van der Waals surface area contributed by atoms with E-state index in [0.29, 0.717) is 32.6 Å². The first-order valence-electron chi connectivity index (χ1n) is 11.8. The molecule has 1 saturated carbocycles. The molecule has 0 aromatic carbocycles. The highest BCUT2D eigenvalue weighted by atomic mass is 19.4. The standard InChI is InChI=1S/C23H26F3N9O/c1-15(23(24,25)26)32-21(36)34-8-6-33(7-9-34)17-10-22(11-17,3-4-27)35-13-16(12-31-35)19-18-2-5-28-20(18)30-14-29-19/h2,5,12-15,17H,3,6-11H2,1H3,(H,32,36)(H,28,29,30)/t15-,17?,22?/m0/s1. The van der Waals surface area contributed by atoms with Gasteiger partial charge in [0.25, 0.3) is 0 Å². The molecule has 36 heavy (non-hydrogen) atoms. The molecule has 190 valence electrons. The van der Waals surface area contributed by atoms with Gasteiger partial charge < -0.3 is 15.2 Å². The van der Waals surface area contributed by atoms with Gasteiger partial charge in [0.2, 0.25) is 0 Å². The summed E-state index contributed by atoms with van der Waals surface area (Å²) in [6, 6.07) is 1.83. The molecule has 3 aromatic rings. The van der Waals surface area contributed by atoms with Gasteiger partial charge in [-0.2, -0.15) is 23.5 Å². The lowest BCUT2D eigenvalue weighted by atomic mass is 9.70. The minimum absolute atomic E-state index is 0.209. The normalized spacial score (nSPS) is 23.8. The number of alkyl halides is 3. The zero-order valence-electron chi connectivity index (χ0n) is 19.7. The number of nitriles is 1. The second kappa shape index (κ2) is 9.09. The van der Waals surface area contributed by atoms with E-state index < -0.39 is 23.8 Å². The molecule has 3 aromatic heterocycles. The van der Waals surface area contributed by atoms with Crippen LogP contribution in [0.1, 0.15) is 26.2 Å². The van der Waals surface area contributed by atoms with Gasteiger partial charge in [-0.15, -0.1) is 0 Å². The Kier molecular flexibility index (Phi) is 6.07. The molecule has 5 rings (SSSR count). The molecule has 1 aliphatic carbocycles. The second-order valence-corrected chi connectivity index (χ2v) is 9.49. The molecule has 2 aliphatic rings. The highest BCUT2D eigenvalue weighted by molar-refractivity contribution is 5.90. The predicted molar refractivity (Wildman–Crippen MR) is 124 cm³/mol. The number of amides is 2. The Morgan fingerprint density at radius 3 is 2.75 bits per heavy atom. The van der Waals surface area contributed by atoms with Crippen molar-refractivity contribution in [1.82, 2.24) is 39.8 Å². The molecule has 2 fully saturated rings. The monoisotopic (exact) mass is 501 g/mol. The maximum absolute atomic E-state index is 12.7. The molecule has 0 spiro atoms. The fourth-order valence-electron chi connectivity index (χ4n) is 5.09. The number of nitrogens with zero attached hydrogens (tertiary/aromatic N) is 7. The van der Waals surface area contributed by atoms with E-state index in [9.17, 15) is 23.2 Å². The fourth-order valence-corrected chi connectivity index (χ4v) is 5.09. The van der Waals surface area contributed by atoms with Gasteiger partial charge in [0.1, 0.15) is 18.0 Å². The van der Waals surface area contributed by atoms with Crippen molar-refractivity contribution in [2.75, 3.05) is 26.2 Å². The first-order chi connectivity index (χ1) is 17.2. The Balaban J connectivity index is 1.22. The molecule has 10 nitrogen and oxygen atoms in total. The van der Waals surface area contributed by atoms with E-state index in [0.717, 1.165) is 42.1 Å². The number of nitrogens with one attached hydrogen (secondary N) is 2. The van der Waals surface area contributed by atoms with Crippen LogP contribution in [0.3, 0.4) is 0 Å². The molecule has 1 atom stereocenters. The van der Waals surface area contributed by atoms with Gasteiger partial charge in [0.15, 0.2) is 0 Å². The van der Waals surface area contributed by atoms with E-state index in [2.05, 4.69) is 31.0 Å². The van der Waals surface area contributed by atoms with Gasteiger partial charge in [-0.1, -0.05) is 0 Å². The first-order valence-corrected chi connectivity index (χ1v) is 11.8. The zero-order chi connectivity index (χ0) is 25.5. The minimum atomic E-state index is -4.47. The summed E-state index contributed by atoms with van der Waals surface area (Å²) in [7, 11) is 0. The van der Waals surface area contributed by atoms with Crippen molar-refractivity contribution in [2.24, 2.45) is 0 Å². The van der Waals surface area contributed by atoms with Crippen molar-refractivity contribution in [3.63, 3.8) is 0 Å². The number of hydrogen-bond acceptors (Lipinski definition) is 6. The lowest BCUT2D eigenvalue weighted by Gasteiger charge is -2.52. The van der Waals surface area contributed by atoms with Crippen LogP contribution in [0.25, 0.3) is 22.3 Å². The molecule has 1 saturated heterocycles. The van der Waals surface area contributed by atoms with Crippen LogP contribution in [-0.4, -0.2) is 85.0 Å². The first kappa shape index (κ1) is 24.1. The van der Waals surface area contributed by atoms with Gasteiger partial charge in [-0.05, 0) is 25.8 Å². The summed E-state index contributed by atoms with van der Waals surface area (Å²) in [5.41, 5.74) is 1.92. The molecular weight excluding hydrogens is 475 g/mol. The van der Waals surface area contributed by atoms with Crippen molar-refractivity contribution in [3.8, 4) is 17.3 Å². The van der Waals surface area contributed by atoms with Gasteiger partial charge in [0, 0.05) is 55.6 Å². The molecule has 13 heteroatoms. The van der Waals surface area contributed by atoms with Gasteiger partial charge >= 0.3 is 12.2 Å². The Hall–Kier alpha value is -3.66. The molecule has 4 heterocycles. The lowest BCUT2D eigenvalue weighted by Crippen LogP contribution is -2.62. The summed E-state index contributed by atoms with van der Waals surface area (Å²) in [5.74, 6) is 0. The number of rotatable bonds is 5. The number of aromatic amines is 1. The largest absolute Gasteiger partial charge is 0.408 e. The third kappa shape index (κ3) is 4.37. The van der Waals surface area contributed by atoms with Crippen LogP contribution in [0.15, 0.2) is 31.0 Å². The Morgan fingerprint density at radius 1 is 1.31 bits per heavy atom. The summed E-state index contributed by atoms with van der Waals surface area (Å²) >= 11 is 0. The molecule has 0 radical (unpaired) electrons. The van der Waals surface area contributed by atoms with Crippen LogP contribution in [0, 0.1) is 11.3 Å². The van der Waals surface area contributed by atoms with E-state index in [-0.39, 0.29) is 6.04 Å². The van der Waals surface area contributed by atoms with E-state index in [1.807, 2.05) is 22.3 Å². The SMILES string of the molecule is C[C@H](NC(=O)N1CCN(C2CC(CC#N)(n3cc(-c4ncnc5[nH]ccc45)cn3)C2)CC1)C(F)(F)F. The maximum Gasteiger partial charge on any atom is 0.408 e. The zero-order valence-corrected chi connectivity index (χ0v) is 19.7. The van der Waals surface area contributed by atoms with Crippen molar-refractivity contribution >= 4 is 17.1 Å². The maximum atomic E-state index is 12.7. The number of aromatic nitrogens is 5. The average molecular weight is 502 g/mol. The van der Waals surface area contributed by atoms with Crippen LogP contribution in [0.4, 0.5) is 18.0 Å². The van der Waals surface area contributed by atoms with Gasteiger partial charge in [0.05, 0.1) is 29.9 Å². The molecule has 2 N–H and O–H groups in total. The summed E-state index contributed by atoms with van der Waals surface area (Å²) in [4.78, 5) is 27.6. The van der Waals surface area contributed by atoms with Crippen LogP contribution in [0.5, 0.6) is 0 Å². The highest BCUT2D eigenvalue weighted by Gasteiger charge is 2.49. The van der Waals surface area contributed by atoms with Gasteiger partial charge in [-0.3, -0.25) is 9.58 Å². The quantitative estimate of drug-likeness (QED) is 0.555. The van der Waals surface area contributed by atoms with Crippen molar-refractivity contribution in [2.45, 2.75) is 50.0 Å². The Bertz CT molecular complexity index is 1280. The smallest absolute Gasteiger partial charge is 0.346 e. The number of halogens is 3. The van der Waals surface area contributed by atoms with E-state index in [1.165, 1.54) is 11.2 Å². The highest BCUT2D eigenvalue weighted by Crippen LogP contribution is 2.45. The predicted octanol–water partition coefficient (Wildman–Crippen LogP) is 2.87. The molecular formula is C23H26F3N9O. The number of fused-ring (bicyclic) bond motifs is 1. The summed E-state index contributed by atoms with van der Waals surface area (Å²) in [5, 5.41) is 17.0. The minimum Gasteiger partial charge on any atom is -0.346 e. The van der Waals surface area contributed by atoms with E-state index in [4.69, 9.17) is 0 Å². The molecule has 1 aliphatic heterocycles. The van der Waals surface area contributed by atoms with Crippen LogP contribution in [-0.2, 0) is 5.54 Å². The van der Waals surface area contributed by atoms with Crippen LogP contribution < -0.4 is 5.32 Å². The number of hydrogen-bond donors (Lipinski definition) is 2. The Morgan fingerprint density at radius 2 is 2.06 bits per heavy atom. The third-order valence-corrected chi connectivity index (χ3v) is 7.28. The van der Waals surface area contributed by atoms with E-state index >= 15 is 0 Å². The number of H-pyrrole nitrogens is 1. The number of urea groups is 1. The van der Waals surface area contributed by atoms with E-state index in [1.54, 1.807) is 12.4 Å². The van der Waals surface area contributed by atoms with Crippen molar-refractivity contribution in [1.29, 1.82) is 5.26 Å². The van der Waals surface area contributed by atoms with Crippen LogP contribution in [0.2, 0.25) is 0 Å². The van der Waals surface area contributed by atoms with Crippen LogP contribution >= 0.6 is 0 Å².